The van der Waals surface area contributed by atoms with Gasteiger partial charge in [-0.2, -0.15) is 0 Å². The van der Waals surface area contributed by atoms with Gasteiger partial charge in [0.1, 0.15) is 5.82 Å². The molecule has 0 saturated carbocycles. The molecule has 0 aliphatic carbocycles. The number of piperazine rings is 1. The molecule has 1 atom stereocenters. The van der Waals surface area contributed by atoms with Crippen molar-refractivity contribution >= 4 is 17.4 Å². The fraction of sp³-hybridized carbons (Fsp3) is 0.643. The third-order valence-electron chi connectivity index (χ3n) is 4.16. The molecule has 3 rings (SSSR count). The predicted molar refractivity (Wildman–Crippen MR) is 78.8 cm³/mol. The van der Waals surface area contributed by atoms with E-state index in [0.29, 0.717) is 0 Å². The average Bonchev–Trinajstić information content (AvgIpc) is 2.89. The molecule has 0 spiro atoms. The molecular formula is C14H21ClN4. The van der Waals surface area contributed by atoms with E-state index in [0.717, 1.165) is 48.8 Å². The Balaban J connectivity index is 1.76. The van der Waals surface area contributed by atoms with E-state index in [4.69, 9.17) is 16.6 Å². The quantitative estimate of drug-likeness (QED) is 0.914. The van der Waals surface area contributed by atoms with Crippen LogP contribution in [0.25, 0.3) is 0 Å². The Bertz CT molecular complexity index is 451. The summed E-state index contributed by atoms with van der Waals surface area (Å²) >= 11 is 6.17. The van der Waals surface area contributed by atoms with Crippen LogP contribution in [0.2, 0.25) is 5.02 Å². The first-order chi connectivity index (χ1) is 9.28. The van der Waals surface area contributed by atoms with Crippen molar-refractivity contribution in [3.05, 3.63) is 22.8 Å². The molecule has 5 heteroatoms. The maximum atomic E-state index is 6.17. The molecule has 19 heavy (non-hydrogen) atoms. The average molecular weight is 281 g/mol. The van der Waals surface area contributed by atoms with Crippen LogP contribution in [-0.4, -0.2) is 49.2 Å². The van der Waals surface area contributed by atoms with E-state index in [1.165, 1.54) is 19.4 Å². The van der Waals surface area contributed by atoms with Crippen molar-refractivity contribution < 1.29 is 0 Å². The zero-order valence-electron chi connectivity index (χ0n) is 11.4. The van der Waals surface area contributed by atoms with Crippen LogP contribution in [0.15, 0.2) is 12.1 Å². The molecular weight excluding hydrogens is 260 g/mol. The molecule has 104 valence electrons. The highest BCUT2D eigenvalue weighted by Gasteiger charge is 2.31. The summed E-state index contributed by atoms with van der Waals surface area (Å²) in [5, 5.41) is 3.87. The zero-order valence-corrected chi connectivity index (χ0v) is 12.2. The Morgan fingerprint density at radius 2 is 2.26 bits per heavy atom. The van der Waals surface area contributed by atoms with E-state index in [-0.39, 0.29) is 0 Å². The number of hydrogen-bond acceptors (Lipinski definition) is 4. The first-order valence-electron chi connectivity index (χ1n) is 7.07. The molecule has 2 fully saturated rings. The molecule has 1 N–H and O–H groups in total. The minimum absolute atomic E-state index is 0.718. The largest absolute Gasteiger partial charge is 0.354 e. The summed E-state index contributed by atoms with van der Waals surface area (Å²) in [5.41, 5.74) is 0.940. The number of aromatic nitrogens is 1. The highest BCUT2D eigenvalue weighted by Crippen LogP contribution is 2.26. The van der Waals surface area contributed by atoms with Crippen LogP contribution in [-0.2, 0) is 6.54 Å². The van der Waals surface area contributed by atoms with Crippen LogP contribution in [0, 0.1) is 0 Å². The van der Waals surface area contributed by atoms with Crippen molar-refractivity contribution in [2.75, 3.05) is 38.1 Å². The van der Waals surface area contributed by atoms with Crippen LogP contribution < -0.4 is 10.2 Å². The summed E-state index contributed by atoms with van der Waals surface area (Å²) in [6.07, 6.45) is 2.67. The van der Waals surface area contributed by atoms with E-state index in [9.17, 15) is 0 Å². The monoisotopic (exact) mass is 280 g/mol. The first-order valence-corrected chi connectivity index (χ1v) is 7.45. The Labute approximate surface area is 119 Å². The van der Waals surface area contributed by atoms with Gasteiger partial charge in [-0.05, 0) is 38.6 Å². The molecule has 4 nitrogen and oxygen atoms in total. The summed E-state index contributed by atoms with van der Waals surface area (Å²) in [5.74, 6) is 1.07. The molecule has 3 heterocycles. The van der Waals surface area contributed by atoms with Crippen molar-refractivity contribution in [3.8, 4) is 0 Å². The maximum absolute atomic E-state index is 6.17. The van der Waals surface area contributed by atoms with Crippen molar-refractivity contribution in [1.82, 2.24) is 15.2 Å². The van der Waals surface area contributed by atoms with Gasteiger partial charge in [-0.25, -0.2) is 4.98 Å². The van der Waals surface area contributed by atoms with Gasteiger partial charge >= 0.3 is 0 Å². The van der Waals surface area contributed by atoms with Crippen molar-refractivity contribution in [1.29, 1.82) is 0 Å². The maximum Gasteiger partial charge on any atom is 0.129 e. The number of nitrogens with zero attached hydrogens (tertiary/aromatic N) is 3. The normalized spacial score (nSPS) is 23.7. The summed E-state index contributed by atoms with van der Waals surface area (Å²) in [6, 6.07) is 4.74. The van der Waals surface area contributed by atoms with Gasteiger partial charge in [0.15, 0.2) is 0 Å². The highest BCUT2D eigenvalue weighted by atomic mass is 35.5. The van der Waals surface area contributed by atoms with Crippen LogP contribution in [0.4, 0.5) is 5.82 Å². The number of rotatable bonds is 3. The number of pyridine rings is 1. The molecule has 2 aliphatic heterocycles. The molecule has 1 aromatic rings. The van der Waals surface area contributed by atoms with Crippen LogP contribution in [0.5, 0.6) is 0 Å². The first kappa shape index (κ1) is 13.2. The molecule has 2 aliphatic rings. The lowest BCUT2D eigenvalue weighted by Crippen LogP contribution is -2.50. The molecule has 0 amide bonds. The van der Waals surface area contributed by atoms with E-state index in [2.05, 4.69) is 15.1 Å². The van der Waals surface area contributed by atoms with Crippen LogP contribution >= 0.6 is 11.6 Å². The Morgan fingerprint density at radius 1 is 1.37 bits per heavy atom. The number of nitrogens with one attached hydrogen (secondary N) is 1. The lowest BCUT2D eigenvalue weighted by Gasteiger charge is -2.38. The second-order valence-corrected chi connectivity index (χ2v) is 5.81. The lowest BCUT2D eigenvalue weighted by molar-refractivity contribution is 0.230. The lowest BCUT2D eigenvalue weighted by atomic mass is 10.1. The molecule has 1 unspecified atom stereocenters. The number of anilines is 1. The van der Waals surface area contributed by atoms with Gasteiger partial charge < -0.3 is 10.2 Å². The minimum atomic E-state index is 0.718. The standard InChI is InChI=1S/C14H21ClN4/c1-16-9-13-12(15)4-5-14(17-13)19-8-7-18-6-2-3-11(18)10-19/h4-5,11,16H,2-3,6-10H2,1H3. The van der Waals surface area contributed by atoms with Gasteiger partial charge in [-0.3, -0.25) is 4.90 Å². The molecule has 0 aromatic carbocycles. The minimum Gasteiger partial charge on any atom is -0.354 e. The van der Waals surface area contributed by atoms with Gasteiger partial charge in [0.25, 0.3) is 0 Å². The van der Waals surface area contributed by atoms with E-state index in [1.807, 2.05) is 19.2 Å². The smallest absolute Gasteiger partial charge is 0.129 e. The van der Waals surface area contributed by atoms with Gasteiger partial charge in [-0.1, -0.05) is 11.6 Å². The highest BCUT2D eigenvalue weighted by molar-refractivity contribution is 6.31. The van der Waals surface area contributed by atoms with Gasteiger partial charge in [0.2, 0.25) is 0 Å². The summed E-state index contributed by atoms with van der Waals surface area (Å²) < 4.78 is 0. The van der Waals surface area contributed by atoms with Gasteiger partial charge in [-0.15, -0.1) is 0 Å². The fourth-order valence-corrected chi connectivity index (χ4v) is 3.31. The summed E-state index contributed by atoms with van der Waals surface area (Å²) in [6.45, 7) is 5.34. The van der Waals surface area contributed by atoms with Crippen LogP contribution in [0.1, 0.15) is 18.5 Å². The Kier molecular flexibility index (Phi) is 3.91. The van der Waals surface area contributed by atoms with Crippen molar-refractivity contribution in [3.63, 3.8) is 0 Å². The van der Waals surface area contributed by atoms with E-state index in [1.54, 1.807) is 0 Å². The second-order valence-electron chi connectivity index (χ2n) is 5.41. The third-order valence-corrected chi connectivity index (χ3v) is 4.50. The van der Waals surface area contributed by atoms with Crippen LogP contribution in [0.3, 0.4) is 0 Å². The molecule has 2 saturated heterocycles. The number of hydrogen-bond donors (Lipinski definition) is 1. The van der Waals surface area contributed by atoms with E-state index < -0.39 is 0 Å². The topological polar surface area (TPSA) is 31.4 Å². The zero-order chi connectivity index (χ0) is 13.2. The van der Waals surface area contributed by atoms with Crippen molar-refractivity contribution in [2.24, 2.45) is 0 Å². The molecule has 0 bridgehead atoms. The number of halogens is 1. The van der Waals surface area contributed by atoms with E-state index >= 15 is 0 Å². The molecule has 0 radical (unpaired) electrons. The summed E-state index contributed by atoms with van der Waals surface area (Å²) in [4.78, 5) is 9.73. The van der Waals surface area contributed by atoms with Crippen molar-refractivity contribution in [2.45, 2.75) is 25.4 Å². The van der Waals surface area contributed by atoms with Gasteiger partial charge in [0.05, 0.1) is 10.7 Å². The predicted octanol–water partition coefficient (Wildman–Crippen LogP) is 1.74. The third kappa shape index (κ3) is 2.71. The Morgan fingerprint density at radius 3 is 3.11 bits per heavy atom. The fourth-order valence-electron chi connectivity index (χ4n) is 3.14. The SMILES string of the molecule is CNCc1nc(N2CCN3CCCC3C2)ccc1Cl. The van der Waals surface area contributed by atoms with Gasteiger partial charge in [0, 0.05) is 32.2 Å². The summed E-state index contributed by atoms with van der Waals surface area (Å²) in [7, 11) is 1.92. The molecule has 1 aromatic heterocycles. The number of fused-ring (bicyclic) bond motifs is 1. The second kappa shape index (κ2) is 5.65. The Hall–Kier alpha value is -0.840.